The standard InChI is InChI=1S/C16H24N6OS/c1-11-13(18-12(2)24-11)10-17-14-19-15(21-16(20-14)23-3)22-8-6-4-5-7-9-22/h4-10H2,1-3H3,(H,17,19,20,21). The van der Waals surface area contributed by atoms with E-state index in [0.29, 0.717) is 24.5 Å². The zero-order chi connectivity index (χ0) is 16.9. The highest BCUT2D eigenvalue weighted by atomic mass is 32.1. The molecule has 0 unspecified atom stereocenters. The van der Waals surface area contributed by atoms with E-state index in [-0.39, 0.29) is 0 Å². The lowest BCUT2D eigenvalue weighted by Crippen LogP contribution is -2.26. The molecule has 1 N–H and O–H groups in total. The third-order valence-electron chi connectivity index (χ3n) is 4.09. The minimum atomic E-state index is 0.345. The van der Waals surface area contributed by atoms with Crippen LogP contribution >= 0.6 is 11.3 Å². The normalized spacial score (nSPS) is 15.2. The van der Waals surface area contributed by atoms with Gasteiger partial charge in [0.2, 0.25) is 11.9 Å². The predicted octanol–water partition coefficient (Wildman–Crippen LogP) is 2.95. The minimum Gasteiger partial charge on any atom is -0.467 e. The molecule has 3 heterocycles. The molecule has 1 aliphatic heterocycles. The number of hydrogen-bond acceptors (Lipinski definition) is 8. The van der Waals surface area contributed by atoms with Crippen molar-refractivity contribution in [1.82, 2.24) is 19.9 Å². The van der Waals surface area contributed by atoms with E-state index >= 15 is 0 Å². The van der Waals surface area contributed by atoms with Gasteiger partial charge in [0.15, 0.2) is 0 Å². The Morgan fingerprint density at radius 3 is 2.42 bits per heavy atom. The number of aryl methyl sites for hydroxylation is 2. The van der Waals surface area contributed by atoms with Gasteiger partial charge >= 0.3 is 6.01 Å². The fraction of sp³-hybridized carbons (Fsp3) is 0.625. The summed E-state index contributed by atoms with van der Waals surface area (Å²) in [4.78, 5) is 21.3. The van der Waals surface area contributed by atoms with Gasteiger partial charge in [0, 0.05) is 18.0 Å². The van der Waals surface area contributed by atoms with Crippen molar-refractivity contribution in [3.63, 3.8) is 0 Å². The first-order valence-corrected chi connectivity index (χ1v) is 9.19. The first-order chi connectivity index (χ1) is 11.7. The summed E-state index contributed by atoms with van der Waals surface area (Å²) in [5.41, 5.74) is 1.04. The molecular weight excluding hydrogens is 324 g/mol. The van der Waals surface area contributed by atoms with E-state index < -0.39 is 0 Å². The van der Waals surface area contributed by atoms with Crippen LogP contribution in [0.15, 0.2) is 0 Å². The molecule has 0 spiro atoms. The van der Waals surface area contributed by atoms with Crippen LogP contribution in [0.4, 0.5) is 11.9 Å². The van der Waals surface area contributed by atoms with Crippen molar-refractivity contribution in [3.05, 3.63) is 15.6 Å². The third kappa shape index (κ3) is 4.11. The zero-order valence-corrected chi connectivity index (χ0v) is 15.3. The van der Waals surface area contributed by atoms with E-state index in [4.69, 9.17) is 4.74 Å². The first kappa shape index (κ1) is 16.9. The quantitative estimate of drug-likeness (QED) is 0.890. The lowest BCUT2D eigenvalue weighted by molar-refractivity contribution is 0.378. The summed E-state index contributed by atoms with van der Waals surface area (Å²) in [6.07, 6.45) is 4.89. The number of anilines is 2. The maximum atomic E-state index is 5.26. The van der Waals surface area contributed by atoms with Crippen LogP contribution in [-0.4, -0.2) is 40.1 Å². The Bertz CT molecular complexity index is 681. The van der Waals surface area contributed by atoms with Crippen LogP contribution in [-0.2, 0) is 6.54 Å². The molecule has 2 aromatic rings. The Hall–Kier alpha value is -1.96. The summed E-state index contributed by atoms with van der Waals surface area (Å²) >= 11 is 1.70. The average molecular weight is 348 g/mol. The van der Waals surface area contributed by atoms with Gasteiger partial charge in [0.25, 0.3) is 0 Å². The number of rotatable bonds is 5. The van der Waals surface area contributed by atoms with Crippen LogP contribution in [0.5, 0.6) is 6.01 Å². The molecule has 2 aromatic heterocycles. The van der Waals surface area contributed by atoms with Crippen molar-refractivity contribution in [2.45, 2.75) is 46.1 Å². The van der Waals surface area contributed by atoms with Gasteiger partial charge in [-0.25, -0.2) is 4.98 Å². The van der Waals surface area contributed by atoms with Gasteiger partial charge < -0.3 is 15.0 Å². The summed E-state index contributed by atoms with van der Waals surface area (Å²) in [5, 5.41) is 4.33. The molecule has 0 amide bonds. The van der Waals surface area contributed by atoms with Gasteiger partial charge in [-0.05, 0) is 26.7 Å². The molecule has 0 aliphatic carbocycles. The lowest BCUT2D eigenvalue weighted by atomic mass is 10.2. The molecular formula is C16H24N6OS. The molecule has 3 rings (SSSR count). The van der Waals surface area contributed by atoms with Gasteiger partial charge in [-0.1, -0.05) is 12.8 Å². The van der Waals surface area contributed by atoms with E-state index in [1.807, 2.05) is 6.92 Å². The molecule has 1 aliphatic rings. The van der Waals surface area contributed by atoms with Crippen molar-refractivity contribution in [2.24, 2.45) is 0 Å². The summed E-state index contributed by atoms with van der Waals surface area (Å²) in [6.45, 7) is 6.67. The van der Waals surface area contributed by atoms with Crippen LogP contribution in [0.2, 0.25) is 0 Å². The molecule has 0 bridgehead atoms. The van der Waals surface area contributed by atoms with E-state index in [2.05, 4.69) is 37.1 Å². The second-order valence-electron chi connectivity index (χ2n) is 5.94. The molecule has 0 radical (unpaired) electrons. The number of ether oxygens (including phenoxy) is 1. The molecule has 0 aromatic carbocycles. The van der Waals surface area contributed by atoms with Gasteiger partial charge in [0.1, 0.15) is 0 Å². The average Bonchev–Trinajstić information content (AvgIpc) is 2.79. The van der Waals surface area contributed by atoms with Crippen LogP contribution in [0.25, 0.3) is 0 Å². The Labute approximate surface area is 146 Å². The minimum absolute atomic E-state index is 0.345. The van der Waals surface area contributed by atoms with Crippen molar-refractivity contribution in [2.75, 3.05) is 30.4 Å². The highest BCUT2D eigenvalue weighted by molar-refractivity contribution is 7.11. The number of hydrogen-bond donors (Lipinski definition) is 1. The Balaban J connectivity index is 1.76. The number of methoxy groups -OCH3 is 1. The van der Waals surface area contributed by atoms with E-state index in [1.165, 1.54) is 30.6 Å². The Morgan fingerprint density at radius 1 is 1.04 bits per heavy atom. The molecule has 0 saturated carbocycles. The monoisotopic (exact) mass is 348 g/mol. The van der Waals surface area contributed by atoms with Gasteiger partial charge in [-0.2, -0.15) is 15.0 Å². The largest absolute Gasteiger partial charge is 0.467 e. The van der Waals surface area contributed by atoms with Crippen molar-refractivity contribution in [1.29, 1.82) is 0 Å². The fourth-order valence-corrected chi connectivity index (χ4v) is 3.66. The van der Waals surface area contributed by atoms with Crippen LogP contribution in [0.1, 0.15) is 41.3 Å². The number of thiazole rings is 1. The molecule has 8 heteroatoms. The molecule has 130 valence electrons. The highest BCUT2D eigenvalue weighted by Gasteiger charge is 2.16. The van der Waals surface area contributed by atoms with Gasteiger partial charge in [-0.15, -0.1) is 11.3 Å². The van der Waals surface area contributed by atoms with Crippen molar-refractivity contribution >= 4 is 23.2 Å². The zero-order valence-electron chi connectivity index (χ0n) is 14.5. The number of aromatic nitrogens is 4. The Kier molecular flexibility index (Phi) is 5.44. The number of nitrogens with one attached hydrogen (secondary N) is 1. The molecule has 7 nitrogen and oxygen atoms in total. The topological polar surface area (TPSA) is 76.1 Å². The van der Waals surface area contributed by atoms with Crippen molar-refractivity contribution in [3.8, 4) is 6.01 Å². The third-order valence-corrected chi connectivity index (χ3v) is 5.02. The second-order valence-corrected chi connectivity index (χ2v) is 7.34. The fourth-order valence-electron chi connectivity index (χ4n) is 2.83. The maximum absolute atomic E-state index is 5.26. The van der Waals surface area contributed by atoms with Crippen LogP contribution < -0.4 is 15.0 Å². The van der Waals surface area contributed by atoms with Gasteiger partial charge in [0.05, 0.1) is 24.4 Å². The maximum Gasteiger partial charge on any atom is 0.322 e. The first-order valence-electron chi connectivity index (χ1n) is 8.37. The summed E-state index contributed by atoms with van der Waals surface area (Å²) in [5.74, 6) is 1.23. The SMILES string of the molecule is COc1nc(NCc2nc(C)sc2C)nc(N2CCCCCC2)n1. The molecule has 24 heavy (non-hydrogen) atoms. The van der Waals surface area contributed by atoms with Crippen LogP contribution in [0, 0.1) is 13.8 Å². The lowest BCUT2D eigenvalue weighted by Gasteiger charge is -2.20. The Morgan fingerprint density at radius 2 is 1.79 bits per heavy atom. The van der Waals surface area contributed by atoms with E-state index in [0.717, 1.165) is 23.8 Å². The summed E-state index contributed by atoms with van der Waals surface area (Å²) < 4.78 is 5.26. The second kappa shape index (κ2) is 7.74. The van der Waals surface area contributed by atoms with Gasteiger partial charge in [-0.3, -0.25) is 0 Å². The predicted molar refractivity (Wildman–Crippen MR) is 96.0 cm³/mol. The molecule has 1 fully saturated rings. The molecule has 0 atom stereocenters. The summed E-state index contributed by atoms with van der Waals surface area (Å²) in [7, 11) is 1.58. The molecule has 1 saturated heterocycles. The van der Waals surface area contributed by atoms with Crippen LogP contribution in [0.3, 0.4) is 0 Å². The van der Waals surface area contributed by atoms with E-state index in [1.54, 1.807) is 18.4 Å². The van der Waals surface area contributed by atoms with E-state index in [9.17, 15) is 0 Å². The smallest absolute Gasteiger partial charge is 0.322 e. The highest BCUT2D eigenvalue weighted by Crippen LogP contribution is 2.20. The van der Waals surface area contributed by atoms with Crippen molar-refractivity contribution < 1.29 is 4.74 Å². The number of nitrogens with zero attached hydrogens (tertiary/aromatic N) is 5. The summed E-state index contributed by atoms with van der Waals surface area (Å²) in [6, 6.07) is 0.345.